The second-order valence-corrected chi connectivity index (χ2v) is 7.08. The predicted octanol–water partition coefficient (Wildman–Crippen LogP) is 3.87. The third-order valence-corrected chi connectivity index (χ3v) is 5.44. The van der Waals surface area contributed by atoms with Crippen LogP contribution in [0, 0.1) is 13.8 Å². The molecule has 1 saturated heterocycles. The maximum absolute atomic E-state index is 4.76. The highest BCUT2D eigenvalue weighted by atomic mass is 79.9. The molecule has 114 valence electrons. The number of hydrogen-bond acceptors (Lipinski definition) is 3. The first-order valence-electron chi connectivity index (χ1n) is 7.74. The molecule has 0 spiro atoms. The van der Waals surface area contributed by atoms with Gasteiger partial charge >= 0.3 is 0 Å². The van der Waals surface area contributed by atoms with E-state index in [1.165, 1.54) is 25.0 Å². The van der Waals surface area contributed by atoms with Gasteiger partial charge in [0, 0.05) is 30.0 Å². The molecular formula is C16H23BrN4. The highest BCUT2D eigenvalue weighted by Gasteiger charge is 2.26. The molecule has 2 aromatic rings. The number of piperidine rings is 1. The molecule has 0 N–H and O–H groups in total. The minimum absolute atomic E-state index is 0.626. The van der Waals surface area contributed by atoms with Gasteiger partial charge in [0.1, 0.15) is 4.60 Å². The van der Waals surface area contributed by atoms with Crippen LogP contribution in [-0.4, -0.2) is 31.4 Å². The normalized spacial score (nSPS) is 23.9. The van der Waals surface area contributed by atoms with E-state index in [2.05, 4.69) is 57.1 Å². The number of aromatic nitrogens is 3. The Hall–Kier alpha value is -0.940. The smallest absolute Gasteiger partial charge is 0.235 e. The zero-order valence-corrected chi connectivity index (χ0v) is 14.8. The molecule has 1 aliphatic rings. The molecule has 1 aliphatic heterocycles. The molecule has 3 heterocycles. The molecule has 2 unspecified atom stereocenters. The summed E-state index contributed by atoms with van der Waals surface area (Å²) >= 11 is 3.73. The van der Waals surface area contributed by atoms with Crippen molar-refractivity contribution in [3.05, 3.63) is 27.8 Å². The fourth-order valence-corrected chi connectivity index (χ4v) is 4.09. The topological polar surface area (TPSA) is 33.4 Å². The van der Waals surface area contributed by atoms with E-state index >= 15 is 0 Å². The molecule has 4 nitrogen and oxygen atoms in total. The lowest BCUT2D eigenvalue weighted by atomic mass is 9.97. The fraction of sp³-hybridized carbons (Fsp3) is 0.625. The third-order valence-electron chi connectivity index (χ3n) is 4.62. The molecular weight excluding hydrogens is 328 g/mol. The molecule has 21 heavy (non-hydrogen) atoms. The summed E-state index contributed by atoms with van der Waals surface area (Å²) in [5.74, 6) is 0.798. The Kier molecular flexibility index (Phi) is 4.06. The largest absolute Gasteiger partial charge is 0.292 e. The average Bonchev–Trinajstić information content (AvgIpc) is 2.70. The summed E-state index contributed by atoms with van der Waals surface area (Å²) in [7, 11) is 0. The van der Waals surface area contributed by atoms with Crippen LogP contribution in [0.5, 0.6) is 0 Å². The standard InChI is InChI=1S/C16H23BrN4/c1-10-8-13(4)21-15(17)14(19-16(21)18-10)9-20-11(2)6-5-7-12(20)3/h8,11-12H,5-7,9H2,1-4H3. The molecule has 0 radical (unpaired) electrons. The Morgan fingerprint density at radius 3 is 2.52 bits per heavy atom. The molecule has 0 amide bonds. The monoisotopic (exact) mass is 350 g/mol. The summed E-state index contributed by atoms with van der Waals surface area (Å²) < 4.78 is 3.15. The van der Waals surface area contributed by atoms with Crippen molar-refractivity contribution in [3.8, 4) is 0 Å². The molecule has 0 bridgehead atoms. The minimum Gasteiger partial charge on any atom is -0.292 e. The second kappa shape index (κ2) is 5.69. The van der Waals surface area contributed by atoms with E-state index in [9.17, 15) is 0 Å². The molecule has 0 saturated carbocycles. The summed E-state index contributed by atoms with van der Waals surface area (Å²) in [6.45, 7) is 9.67. The predicted molar refractivity (Wildman–Crippen MR) is 88.5 cm³/mol. The number of likely N-dealkylation sites (tertiary alicyclic amines) is 1. The molecule has 2 aromatic heterocycles. The maximum Gasteiger partial charge on any atom is 0.235 e. The lowest BCUT2D eigenvalue weighted by Gasteiger charge is -2.38. The van der Waals surface area contributed by atoms with Crippen molar-refractivity contribution in [1.82, 2.24) is 19.3 Å². The molecule has 0 aromatic carbocycles. The number of aryl methyl sites for hydroxylation is 2. The maximum atomic E-state index is 4.76. The first kappa shape index (κ1) is 15.0. The average molecular weight is 351 g/mol. The van der Waals surface area contributed by atoms with Crippen molar-refractivity contribution in [2.75, 3.05) is 0 Å². The van der Waals surface area contributed by atoms with Crippen molar-refractivity contribution < 1.29 is 0 Å². The van der Waals surface area contributed by atoms with Crippen molar-refractivity contribution in [2.24, 2.45) is 0 Å². The van der Waals surface area contributed by atoms with Gasteiger partial charge in [0.05, 0.1) is 5.69 Å². The van der Waals surface area contributed by atoms with Crippen molar-refractivity contribution in [2.45, 2.75) is 65.6 Å². The SMILES string of the molecule is Cc1cc(C)n2c(Br)c(CN3C(C)CCCC3C)nc2n1. The Balaban J connectivity index is 1.97. The van der Waals surface area contributed by atoms with E-state index in [1.54, 1.807) is 0 Å². The number of nitrogens with zero attached hydrogens (tertiary/aromatic N) is 4. The van der Waals surface area contributed by atoms with Crippen molar-refractivity contribution >= 4 is 21.7 Å². The van der Waals surface area contributed by atoms with E-state index in [4.69, 9.17) is 4.98 Å². The van der Waals surface area contributed by atoms with Crippen LogP contribution in [0.15, 0.2) is 10.7 Å². The number of fused-ring (bicyclic) bond motifs is 1. The molecule has 5 heteroatoms. The second-order valence-electron chi connectivity index (χ2n) is 6.32. The molecule has 3 rings (SSSR count). The van der Waals surface area contributed by atoms with Gasteiger partial charge in [0.25, 0.3) is 0 Å². The van der Waals surface area contributed by atoms with Crippen LogP contribution < -0.4 is 0 Å². The lowest BCUT2D eigenvalue weighted by Crippen LogP contribution is -2.43. The summed E-state index contributed by atoms with van der Waals surface area (Å²) in [5, 5.41) is 0. The van der Waals surface area contributed by atoms with Gasteiger partial charge in [-0.3, -0.25) is 9.30 Å². The van der Waals surface area contributed by atoms with E-state index in [0.29, 0.717) is 12.1 Å². The van der Waals surface area contributed by atoms with Crippen LogP contribution in [0.25, 0.3) is 5.78 Å². The van der Waals surface area contributed by atoms with E-state index in [-0.39, 0.29) is 0 Å². The van der Waals surface area contributed by atoms with Gasteiger partial charge in [-0.2, -0.15) is 0 Å². The molecule has 0 aliphatic carbocycles. The van der Waals surface area contributed by atoms with Crippen molar-refractivity contribution in [1.29, 1.82) is 0 Å². The zero-order valence-electron chi connectivity index (χ0n) is 13.2. The minimum atomic E-state index is 0.626. The summed E-state index contributed by atoms with van der Waals surface area (Å²) in [5.41, 5.74) is 3.28. The molecule has 2 atom stereocenters. The summed E-state index contributed by atoms with van der Waals surface area (Å²) in [4.78, 5) is 11.9. The zero-order chi connectivity index (χ0) is 15.1. The number of halogens is 1. The van der Waals surface area contributed by atoms with Crippen LogP contribution >= 0.6 is 15.9 Å². The van der Waals surface area contributed by atoms with Gasteiger partial charge in [-0.25, -0.2) is 9.97 Å². The number of rotatable bonds is 2. The summed E-state index contributed by atoms with van der Waals surface area (Å²) in [6, 6.07) is 3.34. The van der Waals surface area contributed by atoms with Crippen LogP contribution in [-0.2, 0) is 6.54 Å². The Morgan fingerprint density at radius 2 is 1.86 bits per heavy atom. The van der Waals surface area contributed by atoms with Crippen LogP contribution in [0.1, 0.15) is 50.2 Å². The van der Waals surface area contributed by atoms with Crippen LogP contribution in [0.4, 0.5) is 0 Å². The Bertz CT molecular complexity index is 654. The van der Waals surface area contributed by atoms with Crippen LogP contribution in [0.3, 0.4) is 0 Å². The lowest BCUT2D eigenvalue weighted by molar-refractivity contribution is 0.0937. The first-order valence-corrected chi connectivity index (χ1v) is 8.53. The third kappa shape index (κ3) is 2.73. The number of imidazole rings is 1. The van der Waals surface area contributed by atoms with E-state index in [0.717, 1.165) is 28.3 Å². The number of hydrogen-bond donors (Lipinski definition) is 0. The van der Waals surface area contributed by atoms with Gasteiger partial charge in [0.15, 0.2) is 0 Å². The van der Waals surface area contributed by atoms with Crippen molar-refractivity contribution in [3.63, 3.8) is 0 Å². The van der Waals surface area contributed by atoms with Crippen LogP contribution in [0.2, 0.25) is 0 Å². The fourth-order valence-electron chi connectivity index (χ4n) is 3.44. The van der Waals surface area contributed by atoms with E-state index in [1.807, 2.05) is 6.92 Å². The first-order chi connectivity index (χ1) is 9.97. The highest BCUT2D eigenvalue weighted by Crippen LogP contribution is 2.27. The van der Waals surface area contributed by atoms with Gasteiger partial charge in [-0.15, -0.1) is 0 Å². The Morgan fingerprint density at radius 1 is 1.19 bits per heavy atom. The quantitative estimate of drug-likeness (QED) is 0.824. The highest BCUT2D eigenvalue weighted by molar-refractivity contribution is 9.10. The Labute approximate surface area is 134 Å². The van der Waals surface area contributed by atoms with E-state index < -0.39 is 0 Å². The van der Waals surface area contributed by atoms with Gasteiger partial charge in [0.2, 0.25) is 5.78 Å². The summed E-state index contributed by atoms with van der Waals surface area (Å²) in [6.07, 6.45) is 3.91. The van der Waals surface area contributed by atoms with Gasteiger partial charge in [-0.05, 0) is 62.5 Å². The molecule has 1 fully saturated rings. The van der Waals surface area contributed by atoms with Gasteiger partial charge < -0.3 is 0 Å². The van der Waals surface area contributed by atoms with Gasteiger partial charge in [-0.1, -0.05) is 6.42 Å².